The molecule has 3 aromatic carbocycles. The van der Waals surface area contributed by atoms with Crippen LogP contribution < -0.4 is 14.5 Å². The number of rotatable bonds is 6. The van der Waals surface area contributed by atoms with Gasteiger partial charge in [0, 0.05) is 12.2 Å². The Kier molecular flexibility index (Phi) is 5.35. The van der Waals surface area contributed by atoms with Crippen LogP contribution in [-0.4, -0.2) is 25.5 Å². The van der Waals surface area contributed by atoms with Crippen molar-refractivity contribution in [2.24, 2.45) is 0 Å². The SMILES string of the molecule is CCN(C1=C(c2ccccc2)C(=O)N(c2ccc(OC)cc2)C1=O)c1ccccc1. The molecule has 0 fully saturated rings. The number of benzene rings is 3. The van der Waals surface area contributed by atoms with E-state index in [9.17, 15) is 9.59 Å². The molecule has 0 saturated carbocycles. The van der Waals surface area contributed by atoms with E-state index in [0.717, 1.165) is 11.3 Å². The number of hydrogen-bond donors (Lipinski definition) is 0. The van der Waals surface area contributed by atoms with Crippen LogP contribution in [0, 0.1) is 0 Å². The van der Waals surface area contributed by atoms with E-state index in [1.54, 1.807) is 31.4 Å². The number of carbonyl (C=O) groups excluding carboxylic acids is 2. The Morgan fingerprint density at radius 1 is 0.800 bits per heavy atom. The van der Waals surface area contributed by atoms with Gasteiger partial charge >= 0.3 is 0 Å². The molecular formula is C25H22N2O3. The lowest BCUT2D eigenvalue weighted by Crippen LogP contribution is -2.35. The molecule has 0 saturated heterocycles. The predicted molar refractivity (Wildman–Crippen MR) is 118 cm³/mol. The molecule has 2 amide bonds. The lowest BCUT2D eigenvalue weighted by atomic mass is 10.0. The van der Waals surface area contributed by atoms with E-state index in [0.29, 0.717) is 29.3 Å². The quantitative estimate of drug-likeness (QED) is 0.574. The molecular weight excluding hydrogens is 376 g/mol. The molecule has 0 atom stereocenters. The van der Waals surface area contributed by atoms with E-state index in [2.05, 4.69) is 0 Å². The van der Waals surface area contributed by atoms with Gasteiger partial charge in [-0.15, -0.1) is 0 Å². The van der Waals surface area contributed by atoms with Gasteiger partial charge in [-0.2, -0.15) is 0 Å². The van der Waals surface area contributed by atoms with Crippen LogP contribution in [0.1, 0.15) is 12.5 Å². The van der Waals surface area contributed by atoms with Crippen molar-refractivity contribution in [3.63, 3.8) is 0 Å². The Morgan fingerprint density at radius 2 is 1.40 bits per heavy atom. The number of hydrogen-bond acceptors (Lipinski definition) is 4. The minimum absolute atomic E-state index is 0.333. The minimum atomic E-state index is -0.338. The van der Waals surface area contributed by atoms with Gasteiger partial charge in [-0.05, 0) is 48.9 Å². The van der Waals surface area contributed by atoms with Gasteiger partial charge in [0.15, 0.2) is 0 Å². The zero-order valence-electron chi connectivity index (χ0n) is 16.9. The molecule has 0 bridgehead atoms. The topological polar surface area (TPSA) is 49.9 Å². The molecule has 0 radical (unpaired) electrons. The maximum Gasteiger partial charge on any atom is 0.282 e. The molecule has 0 spiro atoms. The fraction of sp³-hybridized carbons (Fsp3) is 0.120. The average Bonchev–Trinajstić information content (AvgIpc) is 3.06. The number of imide groups is 1. The van der Waals surface area contributed by atoms with Gasteiger partial charge in [-0.3, -0.25) is 9.59 Å². The Labute approximate surface area is 175 Å². The first-order valence-corrected chi connectivity index (χ1v) is 9.80. The number of nitrogens with zero attached hydrogens (tertiary/aromatic N) is 2. The van der Waals surface area contributed by atoms with Gasteiger partial charge in [0.05, 0.1) is 18.4 Å². The zero-order chi connectivity index (χ0) is 21.1. The summed E-state index contributed by atoms with van der Waals surface area (Å²) in [4.78, 5) is 30.3. The molecule has 1 aliphatic rings. The molecule has 0 aliphatic carbocycles. The normalized spacial score (nSPS) is 13.7. The van der Waals surface area contributed by atoms with E-state index in [1.807, 2.05) is 72.5 Å². The third-order valence-electron chi connectivity index (χ3n) is 5.11. The summed E-state index contributed by atoms with van der Waals surface area (Å²) in [5.41, 5.74) is 2.88. The van der Waals surface area contributed by atoms with Gasteiger partial charge in [-0.1, -0.05) is 48.5 Å². The Bertz CT molecular complexity index is 1090. The van der Waals surface area contributed by atoms with Crippen molar-refractivity contribution < 1.29 is 14.3 Å². The van der Waals surface area contributed by atoms with Crippen molar-refractivity contribution in [3.8, 4) is 5.75 Å². The average molecular weight is 398 g/mol. The summed E-state index contributed by atoms with van der Waals surface area (Å²) in [5.74, 6) is -0.00995. The molecule has 1 aliphatic heterocycles. The van der Waals surface area contributed by atoms with E-state index in [1.165, 1.54) is 4.90 Å². The fourth-order valence-corrected chi connectivity index (χ4v) is 3.68. The number of methoxy groups -OCH3 is 1. The Morgan fingerprint density at radius 3 is 1.97 bits per heavy atom. The first kappa shape index (κ1) is 19.5. The van der Waals surface area contributed by atoms with Gasteiger partial charge < -0.3 is 9.64 Å². The predicted octanol–water partition coefficient (Wildman–Crippen LogP) is 4.51. The number of anilines is 2. The summed E-state index contributed by atoms with van der Waals surface area (Å²) in [7, 11) is 1.58. The highest BCUT2D eigenvalue weighted by molar-refractivity contribution is 6.46. The van der Waals surface area contributed by atoms with Gasteiger partial charge in [0.1, 0.15) is 11.4 Å². The smallest absolute Gasteiger partial charge is 0.282 e. The second-order valence-corrected chi connectivity index (χ2v) is 6.81. The maximum atomic E-state index is 13.6. The van der Waals surface area contributed by atoms with Crippen LogP contribution in [0.5, 0.6) is 5.75 Å². The summed E-state index contributed by atoms with van der Waals surface area (Å²) in [6, 6.07) is 25.9. The van der Waals surface area contributed by atoms with E-state index < -0.39 is 0 Å². The highest BCUT2D eigenvalue weighted by Gasteiger charge is 2.42. The summed E-state index contributed by atoms with van der Waals surface area (Å²) < 4.78 is 5.20. The summed E-state index contributed by atoms with van der Waals surface area (Å²) in [5, 5.41) is 0. The van der Waals surface area contributed by atoms with Gasteiger partial charge in [0.25, 0.3) is 11.8 Å². The van der Waals surface area contributed by atoms with Gasteiger partial charge in [0.2, 0.25) is 0 Å². The van der Waals surface area contributed by atoms with Crippen molar-refractivity contribution in [1.29, 1.82) is 0 Å². The second kappa shape index (κ2) is 8.25. The van der Waals surface area contributed by atoms with Crippen LogP contribution in [0.2, 0.25) is 0 Å². The number of likely N-dealkylation sites (N-methyl/N-ethyl adjacent to an activating group) is 1. The lowest BCUT2D eigenvalue weighted by Gasteiger charge is -2.25. The Hall–Kier alpha value is -3.86. The molecule has 30 heavy (non-hydrogen) atoms. The van der Waals surface area contributed by atoms with Crippen LogP contribution in [0.15, 0.2) is 90.6 Å². The number of carbonyl (C=O) groups is 2. The lowest BCUT2D eigenvalue weighted by molar-refractivity contribution is -0.120. The Balaban J connectivity index is 1.86. The van der Waals surface area contributed by atoms with Crippen molar-refractivity contribution in [2.75, 3.05) is 23.5 Å². The maximum absolute atomic E-state index is 13.6. The molecule has 0 aromatic heterocycles. The molecule has 1 heterocycles. The van der Waals surface area contributed by atoms with Crippen LogP contribution in [0.3, 0.4) is 0 Å². The standard InChI is InChI=1S/C25H22N2O3/c1-3-26(19-12-8-5-9-13-19)23-22(18-10-6-4-7-11-18)24(28)27(25(23)29)20-14-16-21(30-2)17-15-20/h4-17H,3H2,1-2H3. The summed E-state index contributed by atoms with van der Waals surface area (Å²) in [6.07, 6.45) is 0. The third kappa shape index (κ3) is 3.35. The minimum Gasteiger partial charge on any atom is -0.497 e. The molecule has 5 heteroatoms. The van der Waals surface area contributed by atoms with Crippen LogP contribution in [-0.2, 0) is 9.59 Å². The van der Waals surface area contributed by atoms with E-state index >= 15 is 0 Å². The van der Waals surface area contributed by atoms with E-state index in [4.69, 9.17) is 4.74 Å². The third-order valence-corrected chi connectivity index (χ3v) is 5.11. The monoisotopic (exact) mass is 398 g/mol. The van der Waals surface area contributed by atoms with Crippen molar-refractivity contribution in [2.45, 2.75) is 6.92 Å². The molecule has 150 valence electrons. The fourth-order valence-electron chi connectivity index (χ4n) is 3.68. The number of amides is 2. The molecule has 0 unspecified atom stereocenters. The number of ether oxygens (including phenoxy) is 1. The van der Waals surface area contributed by atoms with E-state index in [-0.39, 0.29) is 11.8 Å². The van der Waals surface area contributed by atoms with Crippen molar-refractivity contribution in [1.82, 2.24) is 0 Å². The van der Waals surface area contributed by atoms with Gasteiger partial charge in [-0.25, -0.2) is 4.90 Å². The molecule has 4 rings (SSSR count). The van der Waals surface area contributed by atoms with Crippen LogP contribution >= 0.6 is 0 Å². The molecule has 0 N–H and O–H groups in total. The zero-order valence-corrected chi connectivity index (χ0v) is 16.9. The highest BCUT2D eigenvalue weighted by atomic mass is 16.5. The largest absolute Gasteiger partial charge is 0.497 e. The molecule has 5 nitrogen and oxygen atoms in total. The summed E-state index contributed by atoms with van der Waals surface area (Å²) in [6.45, 7) is 2.52. The first-order valence-electron chi connectivity index (χ1n) is 9.80. The second-order valence-electron chi connectivity index (χ2n) is 6.81. The molecule has 3 aromatic rings. The van der Waals surface area contributed by atoms with Crippen molar-refractivity contribution in [3.05, 3.63) is 96.2 Å². The summed E-state index contributed by atoms with van der Waals surface area (Å²) >= 11 is 0. The first-order chi connectivity index (χ1) is 14.7. The van der Waals surface area contributed by atoms with Crippen LogP contribution in [0.4, 0.5) is 11.4 Å². The van der Waals surface area contributed by atoms with Crippen molar-refractivity contribution >= 4 is 28.8 Å². The highest BCUT2D eigenvalue weighted by Crippen LogP contribution is 2.36. The number of para-hydroxylation sites is 1. The van der Waals surface area contributed by atoms with Crippen LogP contribution in [0.25, 0.3) is 5.57 Å².